The second-order valence-corrected chi connectivity index (χ2v) is 5.73. The summed E-state index contributed by atoms with van der Waals surface area (Å²) in [6.45, 7) is 6.11. The lowest BCUT2D eigenvalue weighted by atomic mass is 10.1. The van der Waals surface area contributed by atoms with Gasteiger partial charge in [-0.25, -0.2) is 0 Å². The molecule has 1 aliphatic rings. The van der Waals surface area contributed by atoms with Gasteiger partial charge in [0.15, 0.2) is 0 Å². The van der Waals surface area contributed by atoms with Crippen LogP contribution in [-0.2, 0) is 4.79 Å². The third-order valence-electron chi connectivity index (χ3n) is 3.84. The van der Waals surface area contributed by atoms with Crippen LogP contribution in [0.15, 0.2) is 30.3 Å². The molecule has 118 valence electrons. The van der Waals surface area contributed by atoms with Crippen molar-refractivity contribution in [3.8, 4) is 0 Å². The molecule has 6 nitrogen and oxygen atoms in total. The van der Waals surface area contributed by atoms with Gasteiger partial charge in [-0.1, -0.05) is 12.1 Å². The fourth-order valence-corrected chi connectivity index (χ4v) is 2.58. The normalized spacial score (nSPS) is 19.0. The Balaban J connectivity index is 1.94. The fraction of sp³-hybridized carbons (Fsp3) is 0.438. The number of carbonyl (C=O) groups is 1. The van der Waals surface area contributed by atoms with E-state index in [1.54, 1.807) is 18.2 Å². The van der Waals surface area contributed by atoms with Crippen LogP contribution in [0.5, 0.6) is 0 Å². The summed E-state index contributed by atoms with van der Waals surface area (Å²) in [6.07, 6.45) is 3.78. The Hall–Kier alpha value is -2.21. The third kappa shape index (κ3) is 4.14. The molecule has 0 aliphatic carbocycles. The van der Waals surface area contributed by atoms with Crippen LogP contribution in [0.1, 0.15) is 25.8 Å². The number of rotatable bonds is 5. The van der Waals surface area contributed by atoms with Gasteiger partial charge >= 0.3 is 0 Å². The van der Waals surface area contributed by atoms with Gasteiger partial charge in [0.1, 0.15) is 0 Å². The molecule has 0 radical (unpaired) electrons. The van der Waals surface area contributed by atoms with Crippen molar-refractivity contribution in [2.45, 2.75) is 32.4 Å². The monoisotopic (exact) mass is 303 g/mol. The lowest BCUT2D eigenvalue weighted by molar-refractivity contribution is -0.385. The van der Waals surface area contributed by atoms with E-state index >= 15 is 0 Å². The Morgan fingerprint density at radius 1 is 1.45 bits per heavy atom. The quantitative estimate of drug-likeness (QED) is 0.514. The van der Waals surface area contributed by atoms with Crippen molar-refractivity contribution in [1.82, 2.24) is 10.2 Å². The number of nitrogens with zero attached hydrogens (tertiary/aromatic N) is 2. The average molecular weight is 303 g/mol. The number of hydrogen-bond donors (Lipinski definition) is 1. The van der Waals surface area contributed by atoms with Crippen molar-refractivity contribution in [3.05, 3.63) is 46.0 Å². The van der Waals surface area contributed by atoms with Crippen molar-refractivity contribution >= 4 is 17.7 Å². The molecular formula is C16H21N3O3. The molecule has 1 amide bonds. The molecule has 1 atom stereocenters. The van der Waals surface area contributed by atoms with Crippen LogP contribution in [0.25, 0.3) is 6.08 Å². The first kappa shape index (κ1) is 16.2. The largest absolute Gasteiger partial charge is 0.348 e. The summed E-state index contributed by atoms with van der Waals surface area (Å²) in [5.41, 5.74) is 0.427. The highest BCUT2D eigenvalue weighted by molar-refractivity contribution is 5.92. The number of hydrogen-bond acceptors (Lipinski definition) is 4. The van der Waals surface area contributed by atoms with E-state index < -0.39 is 4.92 Å². The maximum Gasteiger partial charge on any atom is 0.276 e. The van der Waals surface area contributed by atoms with E-state index in [-0.39, 0.29) is 17.6 Å². The van der Waals surface area contributed by atoms with Crippen LogP contribution in [0.2, 0.25) is 0 Å². The summed E-state index contributed by atoms with van der Waals surface area (Å²) >= 11 is 0. The van der Waals surface area contributed by atoms with E-state index in [4.69, 9.17) is 0 Å². The third-order valence-corrected chi connectivity index (χ3v) is 3.84. The molecule has 1 aliphatic heterocycles. The van der Waals surface area contributed by atoms with Gasteiger partial charge in [-0.15, -0.1) is 0 Å². The number of amides is 1. The summed E-state index contributed by atoms with van der Waals surface area (Å²) in [6, 6.07) is 6.98. The SMILES string of the molecule is CC(C)N1CCC(NC(=O)/C=C/c2ccccc2[N+](=O)[O-])C1. The van der Waals surface area contributed by atoms with Crippen molar-refractivity contribution < 1.29 is 9.72 Å². The highest BCUT2D eigenvalue weighted by atomic mass is 16.6. The molecule has 1 N–H and O–H groups in total. The van der Waals surface area contributed by atoms with E-state index in [1.165, 1.54) is 18.2 Å². The van der Waals surface area contributed by atoms with Crippen molar-refractivity contribution in [2.75, 3.05) is 13.1 Å². The molecule has 1 aromatic rings. The molecule has 0 spiro atoms. The highest BCUT2D eigenvalue weighted by Crippen LogP contribution is 2.19. The van der Waals surface area contributed by atoms with E-state index in [0.29, 0.717) is 11.6 Å². The van der Waals surface area contributed by atoms with Crippen molar-refractivity contribution in [1.29, 1.82) is 0 Å². The molecular weight excluding hydrogens is 282 g/mol. The lowest BCUT2D eigenvalue weighted by Gasteiger charge is -2.20. The van der Waals surface area contributed by atoms with Gasteiger partial charge in [-0.2, -0.15) is 0 Å². The van der Waals surface area contributed by atoms with Crippen LogP contribution in [0.4, 0.5) is 5.69 Å². The number of carbonyl (C=O) groups excluding carboxylic acids is 1. The highest BCUT2D eigenvalue weighted by Gasteiger charge is 2.24. The predicted molar refractivity (Wildman–Crippen MR) is 85.4 cm³/mol. The van der Waals surface area contributed by atoms with Crippen LogP contribution in [0.3, 0.4) is 0 Å². The summed E-state index contributed by atoms with van der Waals surface area (Å²) in [5.74, 6) is -0.214. The number of nitrogens with one attached hydrogen (secondary N) is 1. The number of nitro groups is 1. The lowest BCUT2D eigenvalue weighted by Crippen LogP contribution is -2.37. The predicted octanol–water partition coefficient (Wildman–Crippen LogP) is 2.21. The number of nitro benzene ring substituents is 1. The summed E-state index contributed by atoms with van der Waals surface area (Å²) < 4.78 is 0. The molecule has 1 aromatic carbocycles. The molecule has 0 saturated carbocycles. The first-order valence-electron chi connectivity index (χ1n) is 7.43. The van der Waals surface area contributed by atoms with Gasteiger partial charge in [0.25, 0.3) is 5.69 Å². The standard InChI is InChI=1S/C16H21N3O3/c1-12(2)18-10-9-14(11-18)17-16(20)8-7-13-5-3-4-6-15(13)19(21)22/h3-8,12,14H,9-11H2,1-2H3,(H,17,20)/b8-7+. The average Bonchev–Trinajstić information content (AvgIpc) is 2.94. The maximum absolute atomic E-state index is 11.9. The van der Waals surface area contributed by atoms with Gasteiger partial charge < -0.3 is 5.32 Å². The van der Waals surface area contributed by atoms with E-state index in [2.05, 4.69) is 24.1 Å². The molecule has 0 bridgehead atoms. The van der Waals surface area contributed by atoms with Gasteiger partial charge in [-0.3, -0.25) is 19.8 Å². The van der Waals surface area contributed by atoms with Gasteiger partial charge in [0, 0.05) is 37.3 Å². The van der Waals surface area contributed by atoms with Crippen LogP contribution in [-0.4, -0.2) is 40.9 Å². The molecule has 0 aromatic heterocycles. The zero-order chi connectivity index (χ0) is 16.1. The van der Waals surface area contributed by atoms with E-state index in [9.17, 15) is 14.9 Å². The minimum absolute atomic E-state index is 0.00148. The Bertz CT molecular complexity index is 584. The van der Waals surface area contributed by atoms with E-state index in [1.807, 2.05) is 0 Å². The molecule has 1 saturated heterocycles. The number of para-hydroxylation sites is 1. The number of benzene rings is 1. The van der Waals surface area contributed by atoms with Crippen LogP contribution in [0, 0.1) is 10.1 Å². The Kier molecular flexibility index (Phi) is 5.27. The molecule has 1 heterocycles. The molecule has 6 heteroatoms. The Labute approximate surface area is 130 Å². The van der Waals surface area contributed by atoms with Gasteiger partial charge in [0.2, 0.25) is 5.91 Å². The Morgan fingerprint density at radius 2 is 2.18 bits per heavy atom. The minimum atomic E-state index is -0.449. The van der Waals surface area contributed by atoms with Gasteiger partial charge in [0.05, 0.1) is 10.5 Å². The molecule has 2 rings (SSSR count). The van der Waals surface area contributed by atoms with Crippen LogP contribution >= 0.6 is 0 Å². The summed E-state index contributed by atoms with van der Waals surface area (Å²) in [7, 11) is 0. The first-order valence-corrected chi connectivity index (χ1v) is 7.43. The second kappa shape index (κ2) is 7.17. The Morgan fingerprint density at radius 3 is 2.82 bits per heavy atom. The zero-order valence-electron chi connectivity index (χ0n) is 12.9. The number of likely N-dealkylation sites (tertiary alicyclic amines) is 1. The summed E-state index contributed by atoms with van der Waals surface area (Å²) in [5, 5.41) is 13.9. The molecule has 1 fully saturated rings. The molecule has 22 heavy (non-hydrogen) atoms. The second-order valence-electron chi connectivity index (χ2n) is 5.73. The topological polar surface area (TPSA) is 75.5 Å². The van der Waals surface area contributed by atoms with Crippen molar-refractivity contribution in [3.63, 3.8) is 0 Å². The fourth-order valence-electron chi connectivity index (χ4n) is 2.58. The molecule has 1 unspecified atom stereocenters. The minimum Gasteiger partial charge on any atom is -0.348 e. The zero-order valence-corrected chi connectivity index (χ0v) is 12.9. The van der Waals surface area contributed by atoms with Crippen LogP contribution < -0.4 is 5.32 Å². The maximum atomic E-state index is 11.9. The smallest absolute Gasteiger partial charge is 0.276 e. The first-order chi connectivity index (χ1) is 10.5. The summed E-state index contributed by atoms with van der Waals surface area (Å²) in [4.78, 5) is 24.7. The van der Waals surface area contributed by atoms with Crippen molar-refractivity contribution in [2.24, 2.45) is 0 Å². The van der Waals surface area contributed by atoms with E-state index in [0.717, 1.165) is 19.5 Å². The van der Waals surface area contributed by atoms with Gasteiger partial charge in [-0.05, 0) is 32.4 Å².